The van der Waals surface area contributed by atoms with Crippen molar-refractivity contribution in [2.75, 3.05) is 32.7 Å². The van der Waals surface area contributed by atoms with Crippen LogP contribution in [-0.2, 0) is 0 Å². The summed E-state index contributed by atoms with van der Waals surface area (Å²) in [5.41, 5.74) is 0.643. The lowest BCUT2D eigenvalue weighted by Gasteiger charge is -2.39. The smallest absolute Gasteiger partial charge is 0.00223 e. The number of nitrogens with zero attached hydrogens (tertiary/aromatic N) is 1. The van der Waals surface area contributed by atoms with Gasteiger partial charge in [0.05, 0.1) is 0 Å². The number of piperidine rings is 1. The lowest BCUT2D eigenvalue weighted by atomic mass is 9.78. The Bertz CT molecular complexity index is 189. The molecule has 0 aromatic carbocycles. The molecule has 0 radical (unpaired) electrons. The molecule has 2 saturated heterocycles. The first kappa shape index (κ1) is 11.4. The molecule has 2 heteroatoms. The fourth-order valence-corrected chi connectivity index (χ4v) is 2.86. The van der Waals surface area contributed by atoms with Gasteiger partial charge in [0, 0.05) is 6.54 Å². The zero-order chi connectivity index (χ0) is 10.7. The van der Waals surface area contributed by atoms with Crippen molar-refractivity contribution in [3.05, 3.63) is 0 Å². The van der Waals surface area contributed by atoms with Crippen molar-refractivity contribution in [2.24, 2.45) is 11.3 Å². The Morgan fingerprint density at radius 1 is 1.33 bits per heavy atom. The standard InChI is InChI=1S/C13H26N2/c1-3-13(2)5-8-15(9-6-13)11-12-4-7-14-10-12/h12,14H,3-11H2,1-2H3. The number of nitrogens with one attached hydrogen (secondary N) is 1. The zero-order valence-corrected chi connectivity index (χ0v) is 10.4. The Morgan fingerprint density at radius 3 is 2.60 bits per heavy atom. The topological polar surface area (TPSA) is 15.3 Å². The van der Waals surface area contributed by atoms with Crippen molar-refractivity contribution in [3.8, 4) is 0 Å². The molecule has 0 aliphatic carbocycles. The van der Waals surface area contributed by atoms with Crippen LogP contribution in [0.3, 0.4) is 0 Å². The van der Waals surface area contributed by atoms with Gasteiger partial charge in [-0.1, -0.05) is 20.3 Å². The summed E-state index contributed by atoms with van der Waals surface area (Å²) in [5, 5.41) is 3.46. The maximum absolute atomic E-state index is 3.46. The minimum Gasteiger partial charge on any atom is -0.316 e. The Labute approximate surface area is 94.4 Å². The third-order valence-corrected chi connectivity index (χ3v) is 4.60. The quantitative estimate of drug-likeness (QED) is 0.767. The summed E-state index contributed by atoms with van der Waals surface area (Å²) >= 11 is 0. The molecule has 0 saturated carbocycles. The van der Waals surface area contributed by atoms with E-state index in [0.717, 1.165) is 5.92 Å². The van der Waals surface area contributed by atoms with Crippen LogP contribution < -0.4 is 5.32 Å². The Hall–Kier alpha value is -0.0800. The highest BCUT2D eigenvalue weighted by Gasteiger charge is 2.29. The predicted molar refractivity (Wildman–Crippen MR) is 65.0 cm³/mol. The lowest BCUT2D eigenvalue weighted by Crippen LogP contribution is -2.41. The van der Waals surface area contributed by atoms with E-state index in [-0.39, 0.29) is 0 Å². The molecule has 1 atom stereocenters. The largest absolute Gasteiger partial charge is 0.316 e. The number of hydrogen-bond donors (Lipinski definition) is 1. The van der Waals surface area contributed by atoms with Crippen LogP contribution in [0.15, 0.2) is 0 Å². The van der Waals surface area contributed by atoms with E-state index in [1.807, 2.05) is 0 Å². The average Bonchev–Trinajstić information content (AvgIpc) is 2.75. The van der Waals surface area contributed by atoms with Gasteiger partial charge >= 0.3 is 0 Å². The second-order valence-corrected chi connectivity index (χ2v) is 5.82. The minimum absolute atomic E-state index is 0.643. The first-order valence-electron chi connectivity index (χ1n) is 6.65. The van der Waals surface area contributed by atoms with Gasteiger partial charge in [0.1, 0.15) is 0 Å². The molecule has 0 amide bonds. The molecule has 2 nitrogen and oxygen atoms in total. The molecule has 2 heterocycles. The van der Waals surface area contributed by atoms with E-state index in [9.17, 15) is 0 Å². The van der Waals surface area contributed by atoms with Crippen molar-refractivity contribution in [1.82, 2.24) is 10.2 Å². The summed E-state index contributed by atoms with van der Waals surface area (Å²) < 4.78 is 0. The van der Waals surface area contributed by atoms with Crippen molar-refractivity contribution in [2.45, 2.75) is 39.5 Å². The van der Waals surface area contributed by atoms with Crippen molar-refractivity contribution < 1.29 is 0 Å². The fraction of sp³-hybridized carbons (Fsp3) is 1.00. The third kappa shape index (κ3) is 2.94. The van der Waals surface area contributed by atoms with E-state index < -0.39 is 0 Å². The summed E-state index contributed by atoms with van der Waals surface area (Å²) in [6.07, 6.45) is 5.56. The van der Waals surface area contributed by atoms with E-state index in [2.05, 4.69) is 24.1 Å². The van der Waals surface area contributed by atoms with Gasteiger partial charge in [-0.2, -0.15) is 0 Å². The molecule has 0 aromatic rings. The molecule has 0 spiro atoms. The average molecular weight is 210 g/mol. The van der Waals surface area contributed by atoms with E-state index in [1.54, 1.807) is 0 Å². The molecular weight excluding hydrogens is 184 g/mol. The van der Waals surface area contributed by atoms with Gasteiger partial charge in [-0.15, -0.1) is 0 Å². The second-order valence-electron chi connectivity index (χ2n) is 5.82. The molecule has 2 aliphatic heterocycles. The van der Waals surface area contributed by atoms with Crippen LogP contribution in [0.5, 0.6) is 0 Å². The van der Waals surface area contributed by atoms with Crippen LogP contribution in [0.2, 0.25) is 0 Å². The third-order valence-electron chi connectivity index (χ3n) is 4.60. The second kappa shape index (κ2) is 4.84. The van der Waals surface area contributed by atoms with Gasteiger partial charge in [-0.3, -0.25) is 0 Å². The minimum atomic E-state index is 0.643. The van der Waals surface area contributed by atoms with Crippen LogP contribution in [0.4, 0.5) is 0 Å². The highest BCUT2D eigenvalue weighted by atomic mass is 15.1. The van der Waals surface area contributed by atoms with Crippen molar-refractivity contribution in [3.63, 3.8) is 0 Å². The molecule has 0 aromatic heterocycles. The molecule has 2 fully saturated rings. The van der Waals surface area contributed by atoms with E-state index >= 15 is 0 Å². The maximum atomic E-state index is 3.46. The molecule has 1 N–H and O–H groups in total. The van der Waals surface area contributed by atoms with Crippen LogP contribution in [0, 0.1) is 11.3 Å². The van der Waals surface area contributed by atoms with Crippen LogP contribution >= 0.6 is 0 Å². The molecule has 2 rings (SSSR count). The number of rotatable bonds is 3. The Kier molecular flexibility index (Phi) is 3.68. The fourth-order valence-electron chi connectivity index (χ4n) is 2.86. The maximum Gasteiger partial charge on any atom is 0.00223 e. The summed E-state index contributed by atoms with van der Waals surface area (Å²) in [4.78, 5) is 2.69. The van der Waals surface area contributed by atoms with Crippen LogP contribution in [0.1, 0.15) is 39.5 Å². The molecule has 0 bridgehead atoms. The predicted octanol–water partition coefficient (Wildman–Crippen LogP) is 2.11. The Morgan fingerprint density at radius 2 is 2.07 bits per heavy atom. The summed E-state index contributed by atoms with van der Waals surface area (Å²) in [5.74, 6) is 0.927. The number of likely N-dealkylation sites (tertiary alicyclic amines) is 1. The summed E-state index contributed by atoms with van der Waals surface area (Å²) in [6.45, 7) is 11.3. The van der Waals surface area contributed by atoms with E-state index in [0.29, 0.717) is 5.41 Å². The van der Waals surface area contributed by atoms with Crippen molar-refractivity contribution >= 4 is 0 Å². The van der Waals surface area contributed by atoms with Crippen LogP contribution in [0.25, 0.3) is 0 Å². The molecule has 2 aliphatic rings. The highest BCUT2D eigenvalue weighted by Crippen LogP contribution is 2.34. The van der Waals surface area contributed by atoms with Gasteiger partial charge in [0.25, 0.3) is 0 Å². The first-order chi connectivity index (χ1) is 7.22. The van der Waals surface area contributed by atoms with Gasteiger partial charge in [-0.05, 0) is 56.8 Å². The molecular formula is C13H26N2. The van der Waals surface area contributed by atoms with Crippen LogP contribution in [-0.4, -0.2) is 37.6 Å². The van der Waals surface area contributed by atoms with Crippen molar-refractivity contribution in [1.29, 1.82) is 0 Å². The van der Waals surface area contributed by atoms with Gasteiger partial charge in [0.15, 0.2) is 0 Å². The lowest BCUT2D eigenvalue weighted by molar-refractivity contribution is 0.103. The highest BCUT2D eigenvalue weighted by molar-refractivity contribution is 4.83. The molecule has 15 heavy (non-hydrogen) atoms. The van der Waals surface area contributed by atoms with Gasteiger partial charge < -0.3 is 10.2 Å². The van der Waals surface area contributed by atoms with Gasteiger partial charge in [-0.25, -0.2) is 0 Å². The summed E-state index contributed by atoms with van der Waals surface area (Å²) in [7, 11) is 0. The molecule has 88 valence electrons. The van der Waals surface area contributed by atoms with E-state index in [4.69, 9.17) is 0 Å². The van der Waals surface area contributed by atoms with Gasteiger partial charge in [0.2, 0.25) is 0 Å². The summed E-state index contributed by atoms with van der Waals surface area (Å²) in [6, 6.07) is 0. The monoisotopic (exact) mass is 210 g/mol. The first-order valence-corrected chi connectivity index (χ1v) is 6.65. The Balaban J connectivity index is 1.73. The van der Waals surface area contributed by atoms with E-state index in [1.165, 1.54) is 58.4 Å². The normalized spacial score (nSPS) is 32.0. The number of hydrogen-bond acceptors (Lipinski definition) is 2. The zero-order valence-electron chi connectivity index (χ0n) is 10.4. The molecule has 1 unspecified atom stereocenters. The SMILES string of the molecule is CCC1(C)CCN(CC2CCNC2)CC1.